The lowest BCUT2D eigenvalue weighted by Crippen LogP contribution is -2.00. The second-order valence-corrected chi connectivity index (χ2v) is 5.11. The molecular weight excluding hydrogens is 240 g/mol. The first-order chi connectivity index (χ1) is 6.66. The fraction of sp³-hybridized carbons (Fsp3) is 0.500. The summed E-state index contributed by atoms with van der Waals surface area (Å²) in [6, 6.07) is 6.10. The molecule has 0 heterocycles. The highest BCUT2D eigenvalue weighted by Gasteiger charge is 2.25. The Kier molecular flexibility index (Phi) is 2.93. The first-order valence-electron chi connectivity index (χ1n) is 5.11. The Labute approximate surface area is 93.3 Å². The number of rotatable bonds is 3. The van der Waals surface area contributed by atoms with E-state index in [1.165, 1.54) is 18.4 Å². The minimum Gasteiger partial charge on any atom is -0.388 e. The molecule has 1 aliphatic rings. The molecule has 1 fully saturated rings. The second-order valence-electron chi connectivity index (χ2n) is 4.20. The van der Waals surface area contributed by atoms with Crippen molar-refractivity contribution in [2.75, 3.05) is 0 Å². The van der Waals surface area contributed by atoms with Crippen LogP contribution in [0.4, 0.5) is 0 Å². The van der Waals surface area contributed by atoms with E-state index < -0.39 is 0 Å². The minimum absolute atomic E-state index is 0.278. The quantitative estimate of drug-likeness (QED) is 0.875. The maximum absolute atomic E-state index is 10.0. The normalized spacial score (nSPS) is 18.2. The highest BCUT2D eigenvalue weighted by atomic mass is 79.9. The van der Waals surface area contributed by atoms with Crippen LogP contribution in [0.1, 0.15) is 36.5 Å². The van der Waals surface area contributed by atoms with Gasteiger partial charge in [-0.15, -0.1) is 0 Å². The van der Waals surface area contributed by atoms with Crippen molar-refractivity contribution in [3.63, 3.8) is 0 Å². The summed E-state index contributed by atoms with van der Waals surface area (Å²) in [5.41, 5.74) is 2.26. The van der Waals surface area contributed by atoms with Gasteiger partial charge in [0.1, 0.15) is 0 Å². The van der Waals surface area contributed by atoms with Crippen molar-refractivity contribution in [3.8, 4) is 0 Å². The predicted molar refractivity (Wildman–Crippen MR) is 61.2 cm³/mol. The SMILES string of the molecule is Cc1ccc(Br)cc1C(O)CC1CC1. The molecule has 1 atom stereocenters. The molecule has 1 aliphatic carbocycles. The molecule has 0 radical (unpaired) electrons. The molecule has 0 amide bonds. The molecule has 2 heteroatoms. The minimum atomic E-state index is -0.278. The van der Waals surface area contributed by atoms with E-state index >= 15 is 0 Å². The first kappa shape index (κ1) is 10.2. The summed E-state index contributed by atoms with van der Waals surface area (Å²) in [7, 11) is 0. The van der Waals surface area contributed by atoms with Crippen LogP contribution in [0, 0.1) is 12.8 Å². The molecule has 2 rings (SSSR count). The molecule has 0 spiro atoms. The lowest BCUT2D eigenvalue weighted by Gasteiger charge is -2.13. The molecule has 1 nitrogen and oxygen atoms in total. The average Bonchev–Trinajstić information content (AvgIpc) is 2.93. The third-order valence-corrected chi connectivity index (χ3v) is 3.35. The molecule has 1 unspecified atom stereocenters. The number of benzene rings is 1. The van der Waals surface area contributed by atoms with Gasteiger partial charge in [-0.05, 0) is 42.5 Å². The zero-order chi connectivity index (χ0) is 10.1. The van der Waals surface area contributed by atoms with Crippen molar-refractivity contribution < 1.29 is 5.11 Å². The Morgan fingerprint density at radius 3 is 2.86 bits per heavy atom. The molecule has 1 saturated carbocycles. The number of aliphatic hydroxyl groups is 1. The maximum atomic E-state index is 10.0. The molecule has 0 aliphatic heterocycles. The summed E-state index contributed by atoms with van der Waals surface area (Å²) >= 11 is 3.44. The van der Waals surface area contributed by atoms with Crippen molar-refractivity contribution in [1.82, 2.24) is 0 Å². The molecule has 0 aromatic heterocycles. The monoisotopic (exact) mass is 254 g/mol. The predicted octanol–water partition coefficient (Wildman–Crippen LogP) is 3.59. The summed E-state index contributed by atoms with van der Waals surface area (Å²) in [5, 5.41) is 10.0. The molecule has 1 aromatic rings. The number of aliphatic hydroxyl groups excluding tert-OH is 1. The van der Waals surface area contributed by atoms with Crippen LogP contribution in [0.15, 0.2) is 22.7 Å². The Balaban J connectivity index is 2.15. The number of halogens is 1. The molecule has 1 aromatic carbocycles. The average molecular weight is 255 g/mol. The van der Waals surface area contributed by atoms with Crippen molar-refractivity contribution in [3.05, 3.63) is 33.8 Å². The molecular formula is C12H15BrO. The van der Waals surface area contributed by atoms with Crippen LogP contribution in [0.3, 0.4) is 0 Å². The van der Waals surface area contributed by atoms with Gasteiger partial charge in [0.2, 0.25) is 0 Å². The van der Waals surface area contributed by atoms with E-state index in [9.17, 15) is 5.11 Å². The third-order valence-electron chi connectivity index (χ3n) is 2.85. The van der Waals surface area contributed by atoms with Gasteiger partial charge in [0.15, 0.2) is 0 Å². The summed E-state index contributed by atoms with van der Waals surface area (Å²) in [6.07, 6.45) is 3.24. The van der Waals surface area contributed by atoms with Gasteiger partial charge < -0.3 is 5.11 Å². The lowest BCUT2D eigenvalue weighted by molar-refractivity contribution is 0.159. The fourth-order valence-corrected chi connectivity index (χ4v) is 2.15. The van der Waals surface area contributed by atoms with Crippen LogP contribution in [0.25, 0.3) is 0 Å². The third kappa shape index (κ3) is 2.37. The second kappa shape index (κ2) is 4.03. The lowest BCUT2D eigenvalue weighted by atomic mass is 10.00. The first-order valence-corrected chi connectivity index (χ1v) is 5.90. The van der Waals surface area contributed by atoms with Crippen molar-refractivity contribution >= 4 is 15.9 Å². The van der Waals surface area contributed by atoms with Gasteiger partial charge >= 0.3 is 0 Å². The summed E-state index contributed by atoms with van der Waals surface area (Å²) in [5.74, 6) is 0.767. The highest BCUT2D eigenvalue weighted by Crippen LogP contribution is 2.38. The molecule has 1 N–H and O–H groups in total. The summed E-state index contributed by atoms with van der Waals surface area (Å²) in [4.78, 5) is 0. The number of hydrogen-bond donors (Lipinski definition) is 1. The van der Waals surface area contributed by atoms with E-state index in [1.807, 2.05) is 12.1 Å². The van der Waals surface area contributed by atoms with Crippen LogP contribution in [0.5, 0.6) is 0 Å². The van der Waals surface area contributed by atoms with Gasteiger partial charge in [0, 0.05) is 4.47 Å². The van der Waals surface area contributed by atoms with E-state index in [0.717, 1.165) is 22.4 Å². The van der Waals surface area contributed by atoms with E-state index in [1.54, 1.807) is 0 Å². The summed E-state index contributed by atoms with van der Waals surface area (Å²) in [6.45, 7) is 2.05. The zero-order valence-corrected chi connectivity index (χ0v) is 9.92. The van der Waals surface area contributed by atoms with Crippen molar-refractivity contribution in [2.45, 2.75) is 32.3 Å². The smallest absolute Gasteiger partial charge is 0.0795 e. The molecule has 0 bridgehead atoms. The van der Waals surface area contributed by atoms with Crippen LogP contribution in [-0.4, -0.2) is 5.11 Å². The van der Waals surface area contributed by atoms with Gasteiger partial charge in [0.25, 0.3) is 0 Å². The zero-order valence-electron chi connectivity index (χ0n) is 8.33. The Bertz CT molecular complexity index is 331. The fourth-order valence-electron chi connectivity index (χ4n) is 1.77. The topological polar surface area (TPSA) is 20.2 Å². The van der Waals surface area contributed by atoms with Gasteiger partial charge in [0.05, 0.1) is 6.10 Å². The van der Waals surface area contributed by atoms with Gasteiger partial charge in [-0.1, -0.05) is 34.8 Å². The van der Waals surface area contributed by atoms with Crippen LogP contribution in [0.2, 0.25) is 0 Å². The number of hydrogen-bond acceptors (Lipinski definition) is 1. The van der Waals surface area contributed by atoms with Crippen LogP contribution < -0.4 is 0 Å². The standard InChI is InChI=1S/C12H15BrO/c1-8-2-5-10(13)7-11(8)12(14)6-9-3-4-9/h2,5,7,9,12,14H,3-4,6H2,1H3. The number of aryl methyl sites for hydroxylation is 1. The maximum Gasteiger partial charge on any atom is 0.0795 e. The highest BCUT2D eigenvalue weighted by molar-refractivity contribution is 9.10. The van der Waals surface area contributed by atoms with Crippen molar-refractivity contribution in [2.24, 2.45) is 5.92 Å². The Hall–Kier alpha value is -0.340. The molecule has 0 saturated heterocycles. The van der Waals surface area contributed by atoms with Gasteiger partial charge in [-0.2, -0.15) is 0 Å². The largest absolute Gasteiger partial charge is 0.388 e. The van der Waals surface area contributed by atoms with E-state index in [2.05, 4.69) is 28.9 Å². The van der Waals surface area contributed by atoms with Gasteiger partial charge in [-0.3, -0.25) is 0 Å². The van der Waals surface area contributed by atoms with Crippen LogP contribution >= 0.6 is 15.9 Å². The molecule has 14 heavy (non-hydrogen) atoms. The van der Waals surface area contributed by atoms with Crippen LogP contribution in [-0.2, 0) is 0 Å². The van der Waals surface area contributed by atoms with Gasteiger partial charge in [-0.25, -0.2) is 0 Å². The van der Waals surface area contributed by atoms with E-state index in [4.69, 9.17) is 0 Å². The summed E-state index contributed by atoms with van der Waals surface area (Å²) < 4.78 is 1.05. The van der Waals surface area contributed by atoms with E-state index in [0.29, 0.717) is 0 Å². The molecule has 76 valence electrons. The Morgan fingerprint density at radius 2 is 2.21 bits per heavy atom. The van der Waals surface area contributed by atoms with Crippen molar-refractivity contribution in [1.29, 1.82) is 0 Å². The van der Waals surface area contributed by atoms with E-state index in [-0.39, 0.29) is 6.10 Å². The Morgan fingerprint density at radius 1 is 1.50 bits per heavy atom.